The van der Waals surface area contributed by atoms with Gasteiger partial charge in [0.15, 0.2) is 0 Å². The number of nitrogens with one attached hydrogen (secondary N) is 2. The number of carboxylic acid groups (broad SMARTS) is 1. The fourth-order valence-electron chi connectivity index (χ4n) is 1.52. The van der Waals surface area contributed by atoms with Crippen molar-refractivity contribution in [3.63, 3.8) is 0 Å². The van der Waals surface area contributed by atoms with E-state index >= 15 is 0 Å². The van der Waals surface area contributed by atoms with E-state index in [-0.39, 0.29) is 23.5 Å². The summed E-state index contributed by atoms with van der Waals surface area (Å²) in [5.41, 5.74) is 0.466. The second-order valence-corrected chi connectivity index (χ2v) is 5.42. The Morgan fingerprint density at radius 2 is 2.20 bits per heavy atom. The van der Waals surface area contributed by atoms with Crippen LogP contribution < -0.4 is 10.6 Å². The third kappa shape index (κ3) is 5.14. The van der Waals surface area contributed by atoms with Crippen LogP contribution in [0.5, 0.6) is 0 Å². The molecule has 0 aliphatic heterocycles. The van der Waals surface area contributed by atoms with Gasteiger partial charge in [0.2, 0.25) is 0 Å². The Bertz CT molecular complexity index is 475. The molecule has 7 nitrogen and oxygen atoms in total. The van der Waals surface area contributed by atoms with E-state index in [4.69, 9.17) is 9.84 Å². The van der Waals surface area contributed by atoms with Gasteiger partial charge in [-0.2, -0.15) is 0 Å². The molecule has 8 heteroatoms. The quantitative estimate of drug-likeness (QED) is 0.706. The topological polar surface area (TPSA) is 101 Å². The number of carbonyl (C=O) groups is 2. The normalized spacial score (nSPS) is 11.9. The maximum Gasteiger partial charge on any atom is 0.347 e. The zero-order valence-corrected chi connectivity index (χ0v) is 12.5. The fraction of sp³-hybridized carbons (Fsp3) is 0.583. The number of urea groups is 1. The van der Waals surface area contributed by atoms with E-state index in [9.17, 15) is 9.59 Å². The molecule has 0 radical (unpaired) electrons. The summed E-state index contributed by atoms with van der Waals surface area (Å²) in [4.78, 5) is 26.8. The van der Waals surface area contributed by atoms with Crippen LogP contribution in [0.25, 0.3) is 0 Å². The van der Waals surface area contributed by atoms with E-state index in [1.54, 1.807) is 14.0 Å². The maximum absolute atomic E-state index is 11.6. The van der Waals surface area contributed by atoms with Crippen molar-refractivity contribution < 1.29 is 19.4 Å². The molecule has 0 saturated carbocycles. The number of hydrogen-bond acceptors (Lipinski definition) is 5. The fourth-order valence-corrected chi connectivity index (χ4v) is 2.37. The van der Waals surface area contributed by atoms with Gasteiger partial charge >= 0.3 is 12.0 Å². The summed E-state index contributed by atoms with van der Waals surface area (Å²) in [5, 5.41) is 14.9. The van der Waals surface area contributed by atoms with Crippen molar-refractivity contribution in [3.05, 3.63) is 15.6 Å². The summed E-state index contributed by atoms with van der Waals surface area (Å²) in [6.45, 7) is 4.31. The first-order chi connectivity index (χ1) is 9.43. The first-order valence-electron chi connectivity index (χ1n) is 6.17. The molecule has 0 aliphatic rings. The lowest BCUT2D eigenvalue weighted by molar-refractivity contribution is 0.0701. The zero-order valence-electron chi connectivity index (χ0n) is 11.7. The monoisotopic (exact) mass is 301 g/mol. The molecule has 0 saturated heterocycles. The molecule has 1 unspecified atom stereocenters. The van der Waals surface area contributed by atoms with Crippen LogP contribution in [0.1, 0.15) is 33.7 Å². The van der Waals surface area contributed by atoms with Gasteiger partial charge in [0.1, 0.15) is 9.88 Å². The Balaban J connectivity index is 2.41. The van der Waals surface area contributed by atoms with Gasteiger partial charge in [0.05, 0.1) is 12.2 Å². The minimum atomic E-state index is -0.996. The molecule has 0 spiro atoms. The first kappa shape index (κ1) is 16.4. The summed E-state index contributed by atoms with van der Waals surface area (Å²) < 4.78 is 4.93. The summed E-state index contributed by atoms with van der Waals surface area (Å²) >= 11 is 1.07. The van der Waals surface area contributed by atoms with Gasteiger partial charge in [-0.25, -0.2) is 14.6 Å². The van der Waals surface area contributed by atoms with E-state index in [1.165, 1.54) is 0 Å². The third-order valence-corrected chi connectivity index (χ3v) is 3.71. The second kappa shape index (κ2) is 7.81. The van der Waals surface area contributed by atoms with E-state index in [0.717, 1.165) is 17.8 Å². The highest BCUT2D eigenvalue weighted by Gasteiger charge is 2.14. The van der Waals surface area contributed by atoms with E-state index in [0.29, 0.717) is 17.3 Å². The minimum absolute atomic E-state index is 0.00237. The van der Waals surface area contributed by atoms with Crippen LogP contribution in [0.3, 0.4) is 0 Å². The van der Waals surface area contributed by atoms with Crippen molar-refractivity contribution in [2.24, 2.45) is 0 Å². The Morgan fingerprint density at radius 1 is 1.50 bits per heavy atom. The molecule has 0 aliphatic carbocycles. The van der Waals surface area contributed by atoms with E-state index < -0.39 is 5.97 Å². The van der Waals surface area contributed by atoms with Crippen molar-refractivity contribution in [2.75, 3.05) is 13.7 Å². The number of amides is 2. The predicted molar refractivity (Wildman–Crippen MR) is 75.1 cm³/mol. The van der Waals surface area contributed by atoms with Crippen LogP contribution in [0.15, 0.2) is 0 Å². The number of ether oxygens (including phenoxy) is 1. The van der Waals surface area contributed by atoms with Gasteiger partial charge < -0.3 is 20.5 Å². The number of aromatic carboxylic acids is 1. The Labute approximate surface area is 121 Å². The number of thiazole rings is 1. The lowest BCUT2D eigenvalue weighted by atomic mass is 10.2. The molecule has 1 aromatic heterocycles. The zero-order chi connectivity index (χ0) is 15.1. The van der Waals surface area contributed by atoms with Gasteiger partial charge in [0.25, 0.3) is 0 Å². The molecule has 1 heterocycles. The van der Waals surface area contributed by atoms with Crippen LogP contribution in [-0.4, -0.2) is 41.8 Å². The highest BCUT2D eigenvalue weighted by atomic mass is 32.1. The minimum Gasteiger partial charge on any atom is -0.477 e. The Hall–Kier alpha value is -1.67. The molecule has 3 N–H and O–H groups in total. The molecule has 2 amide bonds. The van der Waals surface area contributed by atoms with E-state index in [1.807, 2.05) is 6.92 Å². The van der Waals surface area contributed by atoms with Crippen molar-refractivity contribution in [2.45, 2.75) is 32.9 Å². The summed E-state index contributed by atoms with van der Waals surface area (Å²) in [5.74, 6) is -0.996. The van der Waals surface area contributed by atoms with Gasteiger partial charge in [-0.3, -0.25) is 0 Å². The predicted octanol–water partition coefficient (Wildman–Crippen LogP) is 1.37. The van der Waals surface area contributed by atoms with Gasteiger partial charge in [0, 0.05) is 19.8 Å². The van der Waals surface area contributed by atoms with Crippen LogP contribution in [0.2, 0.25) is 0 Å². The third-order valence-electron chi connectivity index (χ3n) is 2.57. The molecule has 0 bridgehead atoms. The van der Waals surface area contributed by atoms with Crippen molar-refractivity contribution in [1.82, 2.24) is 15.6 Å². The first-order valence-corrected chi connectivity index (χ1v) is 6.98. The van der Waals surface area contributed by atoms with Crippen LogP contribution >= 0.6 is 11.3 Å². The molecule has 112 valence electrons. The summed E-state index contributed by atoms with van der Waals surface area (Å²) in [6.07, 6.45) is 0.726. The summed E-state index contributed by atoms with van der Waals surface area (Å²) in [6, 6.07) is -0.305. The SMILES string of the molecule is COCCC(C)NC(=O)NCc1nc(C)c(C(=O)O)s1. The number of carbonyl (C=O) groups excluding carboxylic acids is 1. The Morgan fingerprint density at radius 3 is 2.75 bits per heavy atom. The maximum atomic E-state index is 11.6. The van der Waals surface area contributed by atoms with Gasteiger partial charge in [-0.1, -0.05) is 0 Å². The average Bonchev–Trinajstić information content (AvgIpc) is 2.75. The standard InChI is InChI=1S/C12H19N3O4S/c1-7(4-5-19-3)14-12(18)13-6-9-15-8(2)10(20-9)11(16)17/h7H,4-6H2,1-3H3,(H,16,17)(H2,13,14,18). The number of hydrogen-bond donors (Lipinski definition) is 3. The van der Waals surface area contributed by atoms with Crippen molar-refractivity contribution in [3.8, 4) is 0 Å². The summed E-state index contributed by atoms with van der Waals surface area (Å²) in [7, 11) is 1.61. The molecule has 0 aromatic carbocycles. The number of rotatable bonds is 7. The Kier molecular flexibility index (Phi) is 6.40. The van der Waals surface area contributed by atoms with Crippen LogP contribution in [-0.2, 0) is 11.3 Å². The number of carboxylic acids is 1. The molecular formula is C12H19N3O4S. The highest BCUT2D eigenvalue weighted by molar-refractivity contribution is 7.13. The van der Waals surface area contributed by atoms with Gasteiger partial charge in [-0.05, 0) is 20.3 Å². The van der Waals surface area contributed by atoms with Crippen molar-refractivity contribution >= 4 is 23.3 Å². The van der Waals surface area contributed by atoms with Gasteiger partial charge in [-0.15, -0.1) is 11.3 Å². The lowest BCUT2D eigenvalue weighted by Gasteiger charge is -2.13. The molecule has 20 heavy (non-hydrogen) atoms. The van der Waals surface area contributed by atoms with E-state index in [2.05, 4.69) is 15.6 Å². The van der Waals surface area contributed by atoms with Crippen LogP contribution in [0, 0.1) is 6.92 Å². The van der Waals surface area contributed by atoms with Crippen molar-refractivity contribution in [1.29, 1.82) is 0 Å². The molecule has 1 rings (SSSR count). The highest BCUT2D eigenvalue weighted by Crippen LogP contribution is 2.17. The number of methoxy groups -OCH3 is 1. The smallest absolute Gasteiger partial charge is 0.347 e. The van der Waals surface area contributed by atoms with Crippen LogP contribution in [0.4, 0.5) is 4.79 Å². The lowest BCUT2D eigenvalue weighted by Crippen LogP contribution is -2.40. The largest absolute Gasteiger partial charge is 0.477 e. The number of aryl methyl sites for hydroxylation is 1. The number of aromatic nitrogens is 1. The molecule has 0 fully saturated rings. The molecule has 1 atom stereocenters. The molecular weight excluding hydrogens is 282 g/mol. The average molecular weight is 301 g/mol. The number of nitrogens with zero attached hydrogens (tertiary/aromatic N) is 1. The second-order valence-electron chi connectivity index (χ2n) is 4.34. The molecule has 1 aromatic rings.